The van der Waals surface area contributed by atoms with Crippen molar-refractivity contribution in [1.29, 1.82) is 0 Å². The lowest BCUT2D eigenvalue weighted by atomic mass is 10.2. The number of hydrogen-bond acceptors (Lipinski definition) is 3. The third-order valence-electron chi connectivity index (χ3n) is 3.98. The summed E-state index contributed by atoms with van der Waals surface area (Å²) >= 11 is 0. The zero-order valence-electron chi connectivity index (χ0n) is 11.8. The lowest BCUT2D eigenvalue weighted by Gasteiger charge is -2.24. The molecule has 1 aliphatic carbocycles. The molecule has 1 amide bonds. The van der Waals surface area contributed by atoms with Crippen molar-refractivity contribution in [2.75, 3.05) is 32.7 Å². The van der Waals surface area contributed by atoms with Gasteiger partial charge in [-0.3, -0.25) is 4.79 Å². The number of nitrogens with one attached hydrogen (secondary N) is 1. The second-order valence-corrected chi connectivity index (χ2v) is 5.54. The van der Waals surface area contributed by atoms with Gasteiger partial charge in [-0.05, 0) is 38.8 Å². The molecule has 1 heterocycles. The van der Waals surface area contributed by atoms with Crippen molar-refractivity contribution in [2.45, 2.75) is 51.6 Å². The number of carbonyl (C=O) groups is 1. The molecule has 2 aliphatic rings. The fourth-order valence-electron chi connectivity index (χ4n) is 2.66. The third kappa shape index (κ3) is 3.69. The van der Waals surface area contributed by atoms with E-state index in [1.807, 2.05) is 4.90 Å². The van der Waals surface area contributed by atoms with E-state index < -0.39 is 0 Å². The predicted octanol–water partition coefficient (Wildman–Crippen LogP) is 1.07. The van der Waals surface area contributed by atoms with Gasteiger partial charge in [0, 0.05) is 25.7 Å². The van der Waals surface area contributed by atoms with E-state index in [4.69, 9.17) is 0 Å². The minimum atomic E-state index is 0.110. The molecule has 1 aliphatic heterocycles. The number of likely N-dealkylation sites (N-methyl/N-ethyl adjacent to an activating group) is 1. The molecule has 18 heavy (non-hydrogen) atoms. The first-order chi connectivity index (χ1) is 8.74. The molecule has 2 fully saturated rings. The van der Waals surface area contributed by atoms with Crippen molar-refractivity contribution in [3.05, 3.63) is 0 Å². The smallest absolute Gasteiger partial charge is 0.239 e. The molecule has 0 spiro atoms. The molecule has 2 rings (SSSR count). The van der Waals surface area contributed by atoms with Crippen LogP contribution in [0.25, 0.3) is 0 Å². The Hall–Kier alpha value is -0.610. The maximum atomic E-state index is 12.2. The highest BCUT2D eigenvalue weighted by Crippen LogP contribution is 2.22. The van der Waals surface area contributed by atoms with Crippen LogP contribution >= 0.6 is 0 Å². The zero-order valence-corrected chi connectivity index (χ0v) is 11.8. The molecular weight excluding hydrogens is 226 g/mol. The highest BCUT2D eigenvalue weighted by molar-refractivity contribution is 5.84. The van der Waals surface area contributed by atoms with Crippen LogP contribution in [0.4, 0.5) is 0 Å². The molecule has 0 aromatic heterocycles. The topological polar surface area (TPSA) is 35.6 Å². The summed E-state index contributed by atoms with van der Waals surface area (Å²) in [5.41, 5.74) is 0. The molecule has 0 radical (unpaired) electrons. The van der Waals surface area contributed by atoms with Crippen LogP contribution in [-0.2, 0) is 4.79 Å². The molecule has 1 unspecified atom stereocenters. The van der Waals surface area contributed by atoms with Crippen LogP contribution in [0.5, 0.6) is 0 Å². The number of likely N-dealkylation sites (tertiary alicyclic amines) is 1. The highest BCUT2D eigenvalue weighted by Gasteiger charge is 2.35. The van der Waals surface area contributed by atoms with Crippen LogP contribution in [0.15, 0.2) is 0 Å². The third-order valence-corrected chi connectivity index (χ3v) is 3.98. The van der Waals surface area contributed by atoms with Crippen molar-refractivity contribution >= 4 is 5.91 Å². The summed E-state index contributed by atoms with van der Waals surface area (Å²) in [6.45, 7) is 9.48. The average molecular weight is 253 g/mol. The zero-order chi connectivity index (χ0) is 13.0. The second kappa shape index (κ2) is 6.53. The summed E-state index contributed by atoms with van der Waals surface area (Å²) in [7, 11) is 0. The summed E-state index contributed by atoms with van der Waals surface area (Å²) in [6.07, 6.45) is 4.69. The molecule has 0 aromatic rings. The maximum Gasteiger partial charge on any atom is 0.239 e. The van der Waals surface area contributed by atoms with E-state index in [0.717, 1.165) is 39.1 Å². The molecule has 4 heteroatoms. The van der Waals surface area contributed by atoms with Gasteiger partial charge in [0.05, 0.1) is 6.04 Å². The summed E-state index contributed by atoms with van der Waals surface area (Å²) in [5, 5.41) is 3.45. The van der Waals surface area contributed by atoms with Gasteiger partial charge in [-0.15, -0.1) is 0 Å². The Morgan fingerprint density at radius 3 is 2.67 bits per heavy atom. The number of rotatable bonds is 8. The van der Waals surface area contributed by atoms with Gasteiger partial charge in [0.1, 0.15) is 0 Å². The van der Waals surface area contributed by atoms with Crippen molar-refractivity contribution in [3.63, 3.8) is 0 Å². The van der Waals surface area contributed by atoms with Gasteiger partial charge in [0.15, 0.2) is 0 Å². The molecular formula is C14H27N3O. The van der Waals surface area contributed by atoms with Gasteiger partial charge in [-0.25, -0.2) is 0 Å². The van der Waals surface area contributed by atoms with Crippen molar-refractivity contribution in [1.82, 2.24) is 15.1 Å². The first-order valence-corrected chi connectivity index (χ1v) is 7.51. The predicted molar refractivity (Wildman–Crippen MR) is 73.5 cm³/mol. The van der Waals surface area contributed by atoms with E-state index in [-0.39, 0.29) is 6.04 Å². The Morgan fingerprint density at radius 1 is 1.28 bits per heavy atom. The SMILES string of the molecule is CCCN(CC)CCN1CCC(NC2CC2)C1=O. The molecule has 104 valence electrons. The fourth-order valence-corrected chi connectivity index (χ4v) is 2.66. The van der Waals surface area contributed by atoms with Gasteiger partial charge in [0.2, 0.25) is 5.91 Å². The van der Waals surface area contributed by atoms with Crippen LogP contribution in [0.1, 0.15) is 39.5 Å². The summed E-state index contributed by atoms with van der Waals surface area (Å²) < 4.78 is 0. The van der Waals surface area contributed by atoms with Gasteiger partial charge < -0.3 is 15.1 Å². The molecule has 1 atom stereocenters. The van der Waals surface area contributed by atoms with Crippen LogP contribution in [0, 0.1) is 0 Å². The van der Waals surface area contributed by atoms with E-state index in [0.29, 0.717) is 11.9 Å². The number of nitrogens with zero attached hydrogens (tertiary/aromatic N) is 2. The minimum absolute atomic E-state index is 0.110. The number of hydrogen-bond donors (Lipinski definition) is 1. The quantitative estimate of drug-likeness (QED) is 0.703. The Labute approximate surface area is 111 Å². The van der Waals surface area contributed by atoms with Gasteiger partial charge in [0.25, 0.3) is 0 Å². The Morgan fingerprint density at radius 2 is 2.06 bits per heavy atom. The van der Waals surface area contributed by atoms with Crippen LogP contribution < -0.4 is 5.32 Å². The van der Waals surface area contributed by atoms with Gasteiger partial charge in [-0.2, -0.15) is 0 Å². The number of carbonyl (C=O) groups excluding carboxylic acids is 1. The number of amides is 1. The maximum absolute atomic E-state index is 12.2. The summed E-state index contributed by atoms with van der Waals surface area (Å²) in [6, 6.07) is 0.741. The van der Waals surface area contributed by atoms with Crippen LogP contribution in [0.3, 0.4) is 0 Å². The van der Waals surface area contributed by atoms with Gasteiger partial charge in [-0.1, -0.05) is 13.8 Å². The standard InChI is InChI=1S/C14H27N3O/c1-3-8-16(4-2)10-11-17-9-7-13(14(17)18)15-12-5-6-12/h12-13,15H,3-11H2,1-2H3. The largest absolute Gasteiger partial charge is 0.340 e. The molecule has 0 aromatic carbocycles. The molecule has 0 bridgehead atoms. The lowest BCUT2D eigenvalue weighted by Crippen LogP contribution is -2.42. The van der Waals surface area contributed by atoms with Gasteiger partial charge >= 0.3 is 0 Å². The summed E-state index contributed by atoms with van der Waals surface area (Å²) in [4.78, 5) is 16.6. The fraction of sp³-hybridized carbons (Fsp3) is 0.929. The first kappa shape index (κ1) is 13.8. The highest BCUT2D eigenvalue weighted by atomic mass is 16.2. The molecule has 4 nitrogen and oxygen atoms in total. The second-order valence-electron chi connectivity index (χ2n) is 5.54. The summed E-state index contributed by atoms with van der Waals surface area (Å²) in [5.74, 6) is 0.328. The van der Waals surface area contributed by atoms with E-state index in [1.165, 1.54) is 19.3 Å². The van der Waals surface area contributed by atoms with E-state index in [9.17, 15) is 4.79 Å². The lowest BCUT2D eigenvalue weighted by molar-refractivity contribution is -0.129. The van der Waals surface area contributed by atoms with Crippen molar-refractivity contribution < 1.29 is 4.79 Å². The van der Waals surface area contributed by atoms with E-state index in [1.54, 1.807) is 0 Å². The van der Waals surface area contributed by atoms with Crippen LogP contribution in [0.2, 0.25) is 0 Å². The van der Waals surface area contributed by atoms with Crippen molar-refractivity contribution in [2.24, 2.45) is 0 Å². The normalized spacial score (nSPS) is 24.3. The first-order valence-electron chi connectivity index (χ1n) is 7.51. The molecule has 1 N–H and O–H groups in total. The minimum Gasteiger partial charge on any atom is -0.340 e. The molecule has 1 saturated heterocycles. The Kier molecular flexibility index (Phi) is 5.01. The Balaban J connectivity index is 1.71. The van der Waals surface area contributed by atoms with E-state index >= 15 is 0 Å². The van der Waals surface area contributed by atoms with Crippen LogP contribution in [-0.4, -0.2) is 60.5 Å². The van der Waals surface area contributed by atoms with Crippen molar-refractivity contribution in [3.8, 4) is 0 Å². The molecule has 1 saturated carbocycles. The Bertz CT molecular complexity index is 278. The average Bonchev–Trinajstić information content (AvgIpc) is 3.12. The monoisotopic (exact) mass is 253 g/mol. The van der Waals surface area contributed by atoms with E-state index in [2.05, 4.69) is 24.1 Å².